The number of piperazine rings is 1. The van der Waals surface area contributed by atoms with E-state index in [1.165, 1.54) is 0 Å². The lowest BCUT2D eigenvalue weighted by atomic mass is 10.1. The smallest absolute Gasteiger partial charge is 0.231 e. The Morgan fingerprint density at radius 1 is 1.12 bits per heavy atom. The van der Waals surface area contributed by atoms with Crippen LogP contribution in [0.3, 0.4) is 0 Å². The standard InChI is InChI=1S/C18H25N5O2/c1-14(22-9-7-21(2)8-10-22)3-6-18-19-12-20-23(18)15-4-5-16-17(11-15)25-13-24-16/h4-5,11-12,14H,3,6-10,13H2,1-2H3/t14-/m0/s1. The first kappa shape index (κ1) is 16.4. The number of aromatic nitrogens is 3. The third-order valence-corrected chi connectivity index (χ3v) is 5.17. The number of hydrogen-bond donors (Lipinski definition) is 0. The Labute approximate surface area is 148 Å². The molecule has 2 aliphatic heterocycles. The minimum absolute atomic E-state index is 0.283. The molecule has 1 aromatic carbocycles. The molecule has 7 nitrogen and oxygen atoms in total. The Balaban J connectivity index is 1.42. The van der Waals surface area contributed by atoms with Crippen molar-refractivity contribution in [2.24, 2.45) is 0 Å². The molecule has 0 spiro atoms. The van der Waals surface area contributed by atoms with E-state index < -0.39 is 0 Å². The van der Waals surface area contributed by atoms with Crippen LogP contribution in [-0.4, -0.2) is 70.6 Å². The van der Waals surface area contributed by atoms with Crippen molar-refractivity contribution in [2.75, 3.05) is 40.0 Å². The largest absolute Gasteiger partial charge is 0.454 e. The first-order chi connectivity index (χ1) is 12.2. The number of likely N-dealkylation sites (N-methyl/N-ethyl adjacent to an activating group) is 1. The lowest BCUT2D eigenvalue weighted by Gasteiger charge is -2.36. The van der Waals surface area contributed by atoms with Crippen molar-refractivity contribution < 1.29 is 9.47 Å². The second-order valence-electron chi connectivity index (χ2n) is 6.85. The van der Waals surface area contributed by atoms with E-state index in [0.29, 0.717) is 6.04 Å². The van der Waals surface area contributed by atoms with Crippen molar-refractivity contribution >= 4 is 0 Å². The van der Waals surface area contributed by atoms with E-state index in [9.17, 15) is 0 Å². The third kappa shape index (κ3) is 3.48. The molecule has 1 atom stereocenters. The Bertz CT molecular complexity index is 724. The van der Waals surface area contributed by atoms with Crippen LogP contribution >= 0.6 is 0 Å². The fourth-order valence-electron chi connectivity index (χ4n) is 3.45. The van der Waals surface area contributed by atoms with Crippen LogP contribution in [0.4, 0.5) is 0 Å². The number of benzene rings is 1. The molecule has 4 rings (SSSR count). The molecule has 3 heterocycles. The van der Waals surface area contributed by atoms with Gasteiger partial charge in [-0.1, -0.05) is 0 Å². The molecular weight excluding hydrogens is 318 g/mol. The maximum absolute atomic E-state index is 5.47. The highest BCUT2D eigenvalue weighted by Gasteiger charge is 2.20. The highest BCUT2D eigenvalue weighted by atomic mass is 16.7. The highest BCUT2D eigenvalue weighted by Crippen LogP contribution is 2.33. The molecular formula is C18H25N5O2. The SMILES string of the molecule is C[C@@H](CCc1ncnn1-c1ccc2c(c1)OCO2)N1CCN(C)CC1. The zero-order valence-corrected chi connectivity index (χ0v) is 14.9. The van der Waals surface area contributed by atoms with Gasteiger partial charge in [0.15, 0.2) is 11.5 Å². The van der Waals surface area contributed by atoms with Crippen LogP contribution in [0.1, 0.15) is 19.2 Å². The normalized spacial score (nSPS) is 19.3. The molecule has 0 aliphatic carbocycles. The fourth-order valence-corrected chi connectivity index (χ4v) is 3.45. The van der Waals surface area contributed by atoms with Crippen LogP contribution in [-0.2, 0) is 6.42 Å². The Morgan fingerprint density at radius 3 is 2.76 bits per heavy atom. The third-order valence-electron chi connectivity index (χ3n) is 5.17. The van der Waals surface area contributed by atoms with Crippen molar-refractivity contribution in [3.05, 3.63) is 30.4 Å². The number of rotatable bonds is 5. The van der Waals surface area contributed by atoms with E-state index in [0.717, 1.165) is 62.0 Å². The predicted octanol–water partition coefficient (Wildman–Crippen LogP) is 1.56. The van der Waals surface area contributed by atoms with Gasteiger partial charge in [-0.25, -0.2) is 9.67 Å². The van der Waals surface area contributed by atoms with E-state index in [-0.39, 0.29) is 6.79 Å². The van der Waals surface area contributed by atoms with Crippen molar-refractivity contribution in [3.8, 4) is 17.2 Å². The summed E-state index contributed by atoms with van der Waals surface area (Å²) in [4.78, 5) is 9.43. The van der Waals surface area contributed by atoms with E-state index in [1.54, 1.807) is 6.33 Å². The van der Waals surface area contributed by atoms with Gasteiger partial charge < -0.3 is 14.4 Å². The number of fused-ring (bicyclic) bond motifs is 1. The van der Waals surface area contributed by atoms with Crippen LogP contribution in [0.2, 0.25) is 0 Å². The van der Waals surface area contributed by atoms with Gasteiger partial charge in [0.1, 0.15) is 12.2 Å². The van der Waals surface area contributed by atoms with Crippen LogP contribution in [0.5, 0.6) is 11.5 Å². The number of ether oxygens (including phenoxy) is 2. The topological polar surface area (TPSA) is 55.7 Å². The molecule has 1 fully saturated rings. The summed E-state index contributed by atoms with van der Waals surface area (Å²) < 4.78 is 12.7. The second-order valence-corrected chi connectivity index (χ2v) is 6.85. The Morgan fingerprint density at radius 2 is 1.92 bits per heavy atom. The number of hydrogen-bond acceptors (Lipinski definition) is 6. The minimum atomic E-state index is 0.283. The van der Waals surface area contributed by atoms with Crippen LogP contribution < -0.4 is 9.47 Å². The Hall–Kier alpha value is -2.12. The molecule has 0 bridgehead atoms. The highest BCUT2D eigenvalue weighted by molar-refractivity contribution is 5.49. The molecule has 1 aromatic heterocycles. The second kappa shape index (κ2) is 7.01. The average Bonchev–Trinajstić information content (AvgIpc) is 3.28. The zero-order valence-electron chi connectivity index (χ0n) is 14.9. The zero-order chi connectivity index (χ0) is 17.2. The summed E-state index contributed by atoms with van der Waals surface area (Å²) in [6.07, 6.45) is 3.61. The first-order valence-corrected chi connectivity index (χ1v) is 8.92. The number of nitrogens with zero attached hydrogens (tertiary/aromatic N) is 5. The molecule has 1 saturated heterocycles. The molecule has 0 N–H and O–H groups in total. The molecule has 0 unspecified atom stereocenters. The van der Waals surface area contributed by atoms with Gasteiger partial charge in [0, 0.05) is 44.7 Å². The van der Waals surface area contributed by atoms with Crippen LogP contribution in [0, 0.1) is 0 Å². The molecule has 0 amide bonds. The molecule has 134 valence electrons. The summed E-state index contributed by atoms with van der Waals surface area (Å²) in [7, 11) is 2.19. The molecule has 25 heavy (non-hydrogen) atoms. The maximum Gasteiger partial charge on any atom is 0.231 e. The van der Waals surface area contributed by atoms with Crippen molar-refractivity contribution in [2.45, 2.75) is 25.8 Å². The van der Waals surface area contributed by atoms with Gasteiger partial charge in [0.2, 0.25) is 6.79 Å². The summed E-state index contributed by atoms with van der Waals surface area (Å²) in [5.74, 6) is 2.54. The first-order valence-electron chi connectivity index (χ1n) is 8.92. The van der Waals surface area contributed by atoms with Gasteiger partial charge in [-0.3, -0.25) is 4.90 Å². The molecule has 2 aromatic rings. The summed E-state index contributed by atoms with van der Waals surface area (Å²) in [6, 6.07) is 6.44. The summed E-state index contributed by atoms with van der Waals surface area (Å²) in [6.45, 7) is 7.19. The lowest BCUT2D eigenvalue weighted by molar-refractivity contribution is 0.114. The molecule has 2 aliphatic rings. The van der Waals surface area contributed by atoms with Gasteiger partial charge in [-0.15, -0.1) is 0 Å². The van der Waals surface area contributed by atoms with E-state index >= 15 is 0 Å². The monoisotopic (exact) mass is 343 g/mol. The van der Waals surface area contributed by atoms with Gasteiger partial charge >= 0.3 is 0 Å². The molecule has 7 heteroatoms. The fraction of sp³-hybridized carbons (Fsp3) is 0.556. The minimum Gasteiger partial charge on any atom is -0.454 e. The maximum atomic E-state index is 5.47. The van der Waals surface area contributed by atoms with Crippen LogP contribution in [0.25, 0.3) is 5.69 Å². The molecule has 0 radical (unpaired) electrons. The van der Waals surface area contributed by atoms with E-state index in [1.807, 2.05) is 22.9 Å². The average molecular weight is 343 g/mol. The predicted molar refractivity (Wildman–Crippen MR) is 94.3 cm³/mol. The summed E-state index contributed by atoms with van der Waals surface area (Å²) >= 11 is 0. The van der Waals surface area contributed by atoms with Crippen molar-refractivity contribution in [1.82, 2.24) is 24.6 Å². The van der Waals surface area contributed by atoms with Crippen LogP contribution in [0.15, 0.2) is 24.5 Å². The van der Waals surface area contributed by atoms with Gasteiger partial charge in [-0.05, 0) is 32.5 Å². The number of aryl methyl sites for hydroxylation is 1. The van der Waals surface area contributed by atoms with Crippen molar-refractivity contribution in [3.63, 3.8) is 0 Å². The van der Waals surface area contributed by atoms with E-state index in [2.05, 4.69) is 33.9 Å². The molecule has 0 saturated carbocycles. The van der Waals surface area contributed by atoms with Gasteiger partial charge in [-0.2, -0.15) is 5.10 Å². The van der Waals surface area contributed by atoms with Gasteiger partial charge in [0.25, 0.3) is 0 Å². The summed E-state index contributed by atoms with van der Waals surface area (Å²) in [5.41, 5.74) is 0.962. The van der Waals surface area contributed by atoms with Gasteiger partial charge in [0.05, 0.1) is 5.69 Å². The summed E-state index contributed by atoms with van der Waals surface area (Å²) in [5, 5.41) is 4.40. The Kier molecular flexibility index (Phi) is 4.59. The lowest BCUT2D eigenvalue weighted by Crippen LogP contribution is -2.48. The van der Waals surface area contributed by atoms with E-state index in [4.69, 9.17) is 9.47 Å². The quantitative estimate of drug-likeness (QED) is 0.821. The van der Waals surface area contributed by atoms with Crippen molar-refractivity contribution in [1.29, 1.82) is 0 Å².